The number of hydrogen-bond acceptors (Lipinski definition) is 7. The summed E-state index contributed by atoms with van der Waals surface area (Å²) in [5.74, 6) is -0.997. The summed E-state index contributed by atoms with van der Waals surface area (Å²) in [6.07, 6.45) is 2.86. The molecule has 0 aliphatic rings. The normalized spacial score (nSPS) is 11.3. The number of ether oxygens (including phenoxy) is 1. The molecule has 39 heavy (non-hydrogen) atoms. The smallest absolute Gasteiger partial charge is 0.314 e. The van der Waals surface area contributed by atoms with E-state index in [4.69, 9.17) is 4.74 Å². The lowest BCUT2D eigenvalue weighted by molar-refractivity contribution is -0.128. The van der Waals surface area contributed by atoms with Crippen LogP contribution in [0.15, 0.2) is 24.3 Å². The van der Waals surface area contributed by atoms with Crippen molar-refractivity contribution in [3.05, 3.63) is 29.8 Å². The van der Waals surface area contributed by atoms with Gasteiger partial charge in [-0.1, -0.05) is 25.5 Å². The monoisotopic (exact) mass is 546 g/mol. The maximum absolute atomic E-state index is 12.1. The first-order valence-corrected chi connectivity index (χ1v) is 13.3. The average Bonchev–Trinajstić information content (AvgIpc) is 2.85. The first-order valence-electron chi connectivity index (χ1n) is 13.3. The number of urea groups is 1. The molecule has 0 aliphatic heterocycles. The van der Waals surface area contributed by atoms with Crippen LogP contribution in [0.2, 0.25) is 0 Å². The SMILES string of the molecule is CC(=O)CC(=O)Cc1ccc(NC(=O)CC(=O)NCCOCCCNC(=O)NCCCCC(C)C(C)=O)cc1. The number of carbonyl (C=O) groups excluding carboxylic acids is 6. The second kappa shape index (κ2) is 19.5. The van der Waals surface area contributed by atoms with E-state index in [1.54, 1.807) is 31.2 Å². The number of anilines is 1. The molecule has 11 heteroatoms. The first kappa shape index (κ1) is 33.4. The van der Waals surface area contributed by atoms with Gasteiger partial charge in [0.1, 0.15) is 23.8 Å². The Morgan fingerprint density at radius 2 is 1.44 bits per heavy atom. The Kier molecular flexibility index (Phi) is 16.7. The van der Waals surface area contributed by atoms with Gasteiger partial charge in [0.2, 0.25) is 11.8 Å². The summed E-state index contributed by atoms with van der Waals surface area (Å²) in [5.41, 5.74) is 1.24. The summed E-state index contributed by atoms with van der Waals surface area (Å²) in [5, 5.41) is 10.8. The second-order valence-electron chi connectivity index (χ2n) is 9.52. The Hall–Kier alpha value is -3.60. The third-order valence-electron chi connectivity index (χ3n) is 5.77. The van der Waals surface area contributed by atoms with Crippen molar-refractivity contribution >= 4 is 40.9 Å². The van der Waals surface area contributed by atoms with Gasteiger partial charge < -0.3 is 26.0 Å². The molecule has 0 heterocycles. The molecule has 1 aromatic rings. The highest BCUT2D eigenvalue weighted by Gasteiger charge is 2.11. The van der Waals surface area contributed by atoms with Gasteiger partial charge in [-0.3, -0.25) is 24.0 Å². The number of amides is 4. The summed E-state index contributed by atoms with van der Waals surface area (Å²) in [6.45, 7) is 6.83. The predicted octanol–water partition coefficient (Wildman–Crippen LogP) is 2.32. The van der Waals surface area contributed by atoms with Gasteiger partial charge in [-0.2, -0.15) is 0 Å². The highest BCUT2D eigenvalue weighted by molar-refractivity contribution is 6.03. The van der Waals surface area contributed by atoms with Crippen molar-refractivity contribution in [2.24, 2.45) is 5.92 Å². The number of benzene rings is 1. The van der Waals surface area contributed by atoms with Crippen LogP contribution in [0.25, 0.3) is 0 Å². The van der Waals surface area contributed by atoms with Crippen molar-refractivity contribution in [1.82, 2.24) is 16.0 Å². The van der Waals surface area contributed by atoms with Crippen molar-refractivity contribution < 1.29 is 33.5 Å². The van der Waals surface area contributed by atoms with Gasteiger partial charge in [0.15, 0.2) is 0 Å². The Bertz CT molecular complexity index is 963. The van der Waals surface area contributed by atoms with E-state index >= 15 is 0 Å². The molecule has 4 N–H and O–H groups in total. The quantitative estimate of drug-likeness (QED) is 0.144. The van der Waals surface area contributed by atoms with Gasteiger partial charge >= 0.3 is 6.03 Å². The summed E-state index contributed by atoms with van der Waals surface area (Å²) in [4.78, 5) is 69.6. The van der Waals surface area contributed by atoms with Gasteiger partial charge in [-0.05, 0) is 50.8 Å². The second-order valence-corrected chi connectivity index (χ2v) is 9.52. The van der Waals surface area contributed by atoms with Crippen LogP contribution in [0.3, 0.4) is 0 Å². The molecule has 0 bridgehead atoms. The predicted molar refractivity (Wildman–Crippen MR) is 147 cm³/mol. The molecule has 0 fully saturated rings. The summed E-state index contributed by atoms with van der Waals surface area (Å²) >= 11 is 0. The maximum atomic E-state index is 12.1. The third kappa shape index (κ3) is 17.5. The number of ketones is 3. The molecule has 1 unspecified atom stereocenters. The highest BCUT2D eigenvalue weighted by atomic mass is 16.5. The first-order chi connectivity index (χ1) is 18.6. The molecule has 0 saturated heterocycles. The van der Waals surface area contributed by atoms with E-state index in [1.807, 2.05) is 6.92 Å². The van der Waals surface area contributed by atoms with E-state index < -0.39 is 11.8 Å². The number of nitrogens with one attached hydrogen (secondary N) is 4. The van der Waals surface area contributed by atoms with Crippen molar-refractivity contribution in [3.8, 4) is 0 Å². The fourth-order valence-electron chi connectivity index (χ4n) is 3.47. The highest BCUT2D eigenvalue weighted by Crippen LogP contribution is 2.11. The van der Waals surface area contributed by atoms with Crippen molar-refractivity contribution in [1.29, 1.82) is 0 Å². The van der Waals surface area contributed by atoms with Crippen LogP contribution in [0.5, 0.6) is 0 Å². The minimum Gasteiger partial charge on any atom is -0.380 e. The van der Waals surface area contributed by atoms with Crippen LogP contribution >= 0.6 is 0 Å². The lowest BCUT2D eigenvalue weighted by atomic mass is 10.0. The van der Waals surface area contributed by atoms with Crippen LogP contribution in [-0.2, 0) is 35.1 Å². The van der Waals surface area contributed by atoms with E-state index in [9.17, 15) is 28.8 Å². The number of rotatable bonds is 20. The van der Waals surface area contributed by atoms with Gasteiger partial charge in [-0.15, -0.1) is 0 Å². The zero-order chi connectivity index (χ0) is 29.0. The fourth-order valence-corrected chi connectivity index (χ4v) is 3.47. The van der Waals surface area contributed by atoms with E-state index in [0.717, 1.165) is 24.8 Å². The molecule has 0 radical (unpaired) electrons. The number of unbranched alkanes of at least 4 members (excludes halogenated alkanes) is 1. The van der Waals surface area contributed by atoms with Crippen molar-refractivity contribution in [2.45, 2.75) is 65.7 Å². The van der Waals surface area contributed by atoms with Crippen molar-refractivity contribution in [2.75, 3.05) is 38.2 Å². The largest absolute Gasteiger partial charge is 0.380 e. The third-order valence-corrected chi connectivity index (χ3v) is 5.77. The van der Waals surface area contributed by atoms with Gasteiger partial charge in [-0.25, -0.2) is 4.79 Å². The molecule has 4 amide bonds. The molecule has 1 atom stereocenters. The molecular weight excluding hydrogens is 504 g/mol. The van der Waals surface area contributed by atoms with Gasteiger partial charge in [0.25, 0.3) is 0 Å². The molecule has 11 nitrogen and oxygen atoms in total. The molecule has 1 aromatic carbocycles. The number of carbonyl (C=O) groups is 6. The Morgan fingerprint density at radius 3 is 2.08 bits per heavy atom. The summed E-state index contributed by atoms with van der Waals surface area (Å²) < 4.78 is 5.42. The van der Waals surface area contributed by atoms with Crippen LogP contribution in [0.4, 0.5) is 10.5 Å². The summed E-state index contributed by atoms with van der Waals surface area (Å²) in [6, 6.07) is 6.41. The Balaban J connectivity index is 2.04. The zero-order valence-electron chi connectivity index (χ0n) is 23.2. The van der Waals surface area contributed by atoms with Crippen molar-refractivity contribution in [3.63, 3.8) is 0 Å². The lowest BCUT2D eigenvalue weighted by Crippen LogP contribution is -2.37. The van der Waals surface area contributed by atoms with Crippen LogP contribution < -0.4 is 21.3 Å². The molecule has 1 rings (SSSR count). The van der Waals surface area contributed by atoms with Crippen LogP contribution in [-0.4, -0.2) is 68.0 Å². The molecule has 216 valence electrons. The molecular formula is C28H42N4O7. The average molecular weight is 547 g/mol. The van der Waals surface area contributed by atoms with Gasteiger partial charge in [0, 0.05) is 44.3 Å². The molecule has 0 spiro atoms. The molecule has 0 aliphatic carbocycles. The van der Waals surface area contributed by atoms with E-state index in [2.05, 4.69) is 21.3 Å². The minimum atomic E-state index is -0.469. The Labute approximate surface area is 230 Å². The molecule has 0 saturated carbocycles. The zero-order valence-corrected chi connectivity index (χ0v) is 23.2. The standard InChI is InChI=1S/C28H42N4O7/c1-20(22(3)34)7-4-5-12-30-28(38)31-13-6-15-39-16-14-29-26(36)19-27(37)32-24-10-8-23(9-11-24)18-25(35)17-21(2)33/h8-11,20H,4-7,12-19H2,1-3H3,(H,29,36)(H,32,37)(H2,30,31,38). The van der Waals surface area contributed by atoms with E-state index in [-0.39, 0.29) is 61.7 Å². The number of hydrogen-bond donors (Lipinski definition) is 4. The lowest BCUT2D eigenvalue weighted by Gasteiger charge is -2.10. The minimum absolute atomic E-state index is 0.0625. The van der Waals surface area contributed by atoms with Crippen LogP contribution in [0, 0.1) is 5.92 Å². The topological polar surface area (TPSA) is 160 Å². The van der Waals surface area contributed by atoms with E-state index in [1.165, 1.54) is 6.92 Å². The maximum Gasteiger partial charge on any atom is 0.314 e. The molecule has 0 aromatic heterocycles. The fraction of sp³-hybridized carbons (Fsp3) is 0.571. The Morgan fingerprint density at radius 1 is 0.769 bits per heavy atom. The summed E-state index contributed by atoms with van der Waals surface area (Å²) in [7, 11) is 0. The van der Waals surface area contributed by atoms with Gasteiger partial charge in [0.05, 0.1) is 13.0 Å². The number of Topliss-reactive ketones (excluding diaryl/α,β-unsaturated/α-hetero) is 3. The van der Waals surface area contributed by atoms with Crippen LogP contribution in [0.1, 0.15) is 64.9 Å². The van der Waals surface area contributed by atoms with E-state index in [0.29, 0.717) is 31.8 Å².